The quantitative estimate of drug-likeness (QED) is 0.639. The van der Waals surface area contributed by atoms with Gasteiger partial charge in [-0.3, -0.25) is 4.79 Å². The molecule has 0 aliphatic heterocycles. The van der Waals surface area contributed by atoms with E-state index in [1.165, 1.54) is 0 Å². The monoisotopic (exact) mass is 221 g/mol. The number of hydrogen-bond acceptors (Lipinski definition) is 3. The van der Waals surface area contributed by atoms with E-state index in [4.69, 9.17) is 5.73 Å². The maximum atomic E-state index is 11.3. The Hall–Kier alpha value is -1.71. The summed E-state index contributed by atoms with van der Waals surface area (Å²) in [6.45, 7) is 3.37. The highest BCUT2D eigenvalue weighted by molar-refractivity contribution is 5.76. The third kappa shape index (κ3) is 4.21. The number of para-hydroxylation sites is 2. The van der Waals surface area contributed by atoms with Gasteiger partial charge in [0.2, 0.25) is 5.91 Å². The molecule has 4 nitrogen and oxygen atoms in total. The van der Waals surface area contributed by atoms with Crippen molar-refractivity contribution in [1.82, 2.24) is 5.32 Å². The van der Waals surface area contributed by atoms with Gasteiger partial charge in [0.15, 0.2) is 0 Å². The van der Waals surface area contributed by atoms with Crippen LogP contribution in [0.5, 0.6) is 0 Å². The van der Waals surface area contributed by atoms with E-state index in [1.54, 1.807) is 0 Å². The van der Waals surface area contributed by atoms with Crippen molar-refractivity contribution in [2.24, 2.45) is 0 Å². The maximum Gasteiger partial charge on any atom is 0.221 e. The highest BCUT2D eigenvalue weighted by atomic mass is 16.1. The molecular weight excluding hydrogens is 202 g/mol. The molecule has 0 fully saturated rings. The topological polar surface area (TPSA) is 67.2 Å². The first-order chi connectivity index (χ1) is 7.74. The van der Waals surface area contributed by atoms with Gasteiger partial charge in [0.05, 0.1) is 11.4 Å². The molecule has 0 aromatic heterocycles. The highest BCUT2D eigenvalue weighted by Gasteiger charge is 2.00. The Morgan fingerprint density at radius 1 is 1.31 bits per heavy atom. The standard InChI is InChI=1S/C12H19N3O/c1-2-8-15-12(16)7-9-14-11-6-4-3-5-10(11)13/h3-6,14H,2,7-9,13H2,1H3,(H,15,16). The Morgan fingerprint density at radius 3 is 2.75 bits per heavy atom. The third-order valence-corrected chi connectivity index (χ3v) is 2.20. The second-order valence-electron chi connectivity index (χ2n) is 3.61. The van der Waals surface area contributed by atoms with Crippen LogP contribution in [0.1, 0.15) is 19.8 Å². The first-order valence-electron chi connectivity index (χ1n) is 5.59. The summed E-state index contributed by atoms with van der Waals surface area (Å²) in [6, 6.07) is 7.53. The van der Waals surface area contributed by atoms with Crippen molar-refractivity contribution >= 4 is 17.3 Å². The lowest BCUT2D eigenvalue weighted by Gasteiger charge is -2.08. The summed E-state index contributed by atoms with van der Waals surface area (Å²) >= 11 is 0. The molecule has 1 aromatic rings. The van der Waals surface area contributed by atoms with E-state index in [0.717, 1.165) is 18.7 Å². The lowest BCUT2D eigenvalue weighted by atomic mass is 10.2. The second-order valence-corrected chi connectivity index (χ2v) is 3.61. The summed E-state index contributed by atoms with van der Waals surface area (Å²) in [5.74, 6) is 0.0730. The van der Waals surface area contributed by atoms with Gasteiger partial charge in [-0.2, -0.15) is 0 Å². The van der Waals surface area contributed by atoms with Crippen molar-refractivity contribution in [2.45, 2.75) is 19.8 Å². The molecule has 4 heteroatoms. The van der Waals surface area contributed by atoms with E-state index in [0.29, 0.717) is 18.7 Å². The highest BCUT2D eigenvalue weighted by Crippen LogP contribution is 2.16. The number of carbonyl (C=O) groups is 1. The van der Waals surface area contributed by atoms with Crippen molar-refractivity contribution in [3.8, 4) is 0 Å². The molecule has 4 N–H and O–H groups in total. The minimum Gasteiger partial charge on any atom is -0.397 e. The fraction of sp³-hybridized carbons (Fsp3) is 0.417. The maximum absolute atomic E-state index is 11.3. The van der Waals surface area contributed by atoms with Gasteiger partial charge in [-0.1, -0.05) is 19.1 Å². The number of rotatable bonds is 6. The Labute approximate surface area is 96.2 Å². The van der Waals surface area contributed by atoms with E-state index in [-0.39, 0.29) is 5.91 Å². The number of anilines is 2. The minimum atomic E-state index is 0.0730. The summed E-state index contributed by atoms with van der Waals surface area (Å²) in [6.07, 6.45) is 1.43. The van der Waals surface area contributed by atoms with Crippen LogP contribution in [0.3, 0.4) is 0 Å². The zero-order chi connectivity index (χ0) is 11.8. The van der Waals surface area contributed by atoms with Gasteiger partial charge >= 0.3 is 0 Å². The summed E-state index contributed by atoms with van der Waals surface area (Å²) < 4.78 is 0. The lowest BCUT2D eigenvalue weighted by molar-refractivity contribution is -0.120. The fourth-order valence-electron chi connectivity index (χ4n) is 1.32. The SMILES string of the molecule is CCCNC(=O)CCNc1ccccc1N. The Kier molecular flexibility index (Phi) is 5.19. The summed E-state index contributed by atoms with van der Waals surface area (Å²) in [5, 5.41) is 5.96. The van der Waals surface area contributed by atoms with Crippen LogP contribution in [0.4, 0.5) is 11.4 Å². The van der Waals surface area contributed by atoms with Gasteiger partial charge in [0.25, 0.3) is 0 Å². The zero-order valence-electron chi connectivity index (χ0n) is 9.62. The largest absolute Gasteiger partial charge is 0.397 e. The predicted octanol–water partition coefficient (Wildman–Crippen LogP) is 1.60. The molecule has 0 aliphatic rings. The van der Waals surface area contributed by atoms with Gasteiger partial charge in [-0.25, -0.2) is 0 Å². The minimum absolute atomic E-state index is 0.0730. The Bertz CT molecular complexity index is 339. The molecule has 88 valence electrons. The number of amides is 1. The van der Waals surface area contributed by atoms with Crippen LogP contribution in [-0.2, 0) is 4.79 Å². The van der Waals surface area contributed by atoms with Crippen LogP contribution in [0.2, 0.25) is 0 Å². The Morgan fingerprint density at radius 2 is 2.06 bits per heavy atom. The molecule has 1 amide bonds. The molecule has 0 radical (unpaired) electrons. The van der Waals surface area contributed by atoms with E-state index in [2.05, 4.69) is 10.6 Å². The van der Waals surface area contributed by atoms with E-state index in [1.807, 2.05) is 31.2 Å². The average molecular weight is 221 g/mol. The van der Waals surface area contributed by atoms with Crippen LogP contribution in [0.15, 0.2) is 24.3 Å². The number of benzene rings is 1. The van der Waals surface area contributed by atoms with Crippen molar-refractivity contribution < 1.29 is 4.79 Å². The zero-order valence-corrected chi connectivity index (χ0v) is 9.62. The molecule has 0 heterocycles. The number of nitrogens with two attached hydrogens (primary N) is 1. The first-order valence-corrected chi connectivity index (χ1v) is 5.59. The fourth-order valence-corrected chi connectivity index (χ4v) is 1.32. The predicted molar refractivity (Wildman–Crippen MR) is 67.3 cm³/mol. The van der Waals surface area contributed by atoms with Crippen LogP contribution in [0.25, 0.3) is 0 Å². The van der Waals surface area contributed by atoms with Gasteiger partial charge in [-0.05, 0) is 18.6 Å². The molecule has 0 bridgehead atoms. The second kappa shape index (κ2) is 6.71. The summed E-state index contributed by atoms with van der Waals surface area (Å²) in [4.78, 5) is 11.3. The van der Waals surface area contributed by atoms with Crippen molar-refractivity contribution in [2.75, 3.05) is 24.1 Å². The van der Waals surface area contributed by atoms with Crippen LogP contribution in [-0.4, -0.2) is 19.0 Å². The molecule has 0 aliphatic carbocycles. The van der Waals surface area contributed by atoms with Crippen LogP contribution in [0, 0.1) is 0 Å². The number of hydrogen-bond donors (Lipinski definition) is 3. The molecule has 1 aromatic carbocycles. The van der Waals surface area contributed by atoms with E-state index in [9.17, 15) is 4.79 Å². The molecule has 0 saturated heterocycles. The van der Waals surface area contributed by atoms with Crippen molar-refractivity contribution in [1.29, 1.82) is 0 Å². The normalized spacial score (nSPS) is 9.81. The van der Waals surface area contributed by atoms with Gasteiger partial charge in [-0.15, -0.1) is 0 Å². The molecule has 0 spiro atoms. The summed E-state index contributed by atoms with van der Waals surface area (Å²) in [7, 11) is 0. The van der Waals surface area contributed by atoms with Gasteiger partial charge in [0.1, 0.15) is 0 Å². The van der Waals surface area contributed by atoms with E-state index >= 15 is 0 Å². The summed E-state index contributed by atoms with van der Waals surface area (Å²) in [5.41, 5.74) is 7.34. The van der Waals surface area contributed by atoms with Crippen LogP contribution < -0.4 is 16.4 Å². The molecule has 0 saturated carbocycles. The molecule has 0 unspecified atom stereocenters. The molecule has 16 heavy (non-hydrogen) atoms. The molecule has 0 atom stereocenters. The molecule has 1 rings (SSSR count). The van der Waals surface area contributed by atoms with Crippen molar-refractivity contribution in [3.63, 3.8) is 0 Å². The first kappa shape index (κ1) is 12.4. The number of nitrogens with one attached hydrogen (secondary N) is 2. The molecular formula is C12H19N3O. The third-order valence-electron chi connectivity index (χ3n) is 2.20. The van der Waals surface area contributed by atoms with Crippen LogP contribution >= 0.6 is 0 Å². The van der Waals surface area contributed by atoms with Gasteiger partial charge < -0.3 is 16.4 Å². The van der Waals surface area contributed by atoms with Gasteiger partial charge in [0, 0.05) is 19.5 Å². The van der Waals surface area contributed by atoms with Crippen molar-refractivity contribution in [3.05, 3.63) is 24.3 Å². The van der Waals surface area contributed by atoms with E-state index < -0.39 is 0 Å². The Balaban J connectivity index is 2.25. The lowest BCUT2D eigenvalue weighted by Crippen LogP contribution is -2.25. The number of carbonyl (C=O) groups excluding carboxylic acids is 1. The average Bonchev–Trinajstić information content (AvgIpc) is 2.29. The smallest absolute Gasteiger partial charge is 0.221 e. The number of nitrogen functional groups attached to an aromatic ring is 1.